The Morgan fingerprint density at radius 1 is 1.28 bits per heavy atom. The number of hydrogen-bond donors (Lipinski definition) is 1. The van der Waals surface area contributed by atoms with Gasteiger partial charge < -0.3 is 15.0 Å². The van der Waals surface area contributed by atoms with E-state index in [0.717, 1.165) is 41.7 Å². The minimum atomic E-state index is -0.677. The van der Waals surface area contributed by atoms with Gasteiger partial charge in [0.15, 0.2) is 5.82 Å². The SMILES string of the molecule is CCN(C[C@@]1(C)CCc2cc(-c3ncc(Cl)cn3)c(C)nc2N1)C(=O)[C@H](C)c1cc(OC)ncc1F. The van der Waals surface area contributed by atoms with E-state index in [-0.39, 0.29) is 17.4 Å². The zero-order valence-electron chi connectivity index (χ0n) is 21.1. The molecule has 10 heteroatoms. The van der Waals surface area contributed by atoms with Gasteiger partial charge in [0.2, 0.25) is 11.8 Å². The summed E-state index contributed by atoms with van der Waals surface area (Å²) in [7, 11) is 1.46. The standard InChI is InChI=1S/C26H30ClFN6O2/c1-6-34(25(35)15(2)19-10-22(36-5)29-13-21(19)28)14-26(4)8-7-17-9-20(16(3)32-23(17)33-26)24-30-11-18(27)12-31-24/h9-13,15H,6-8,14H2,1-5H3,(H,32,33)/t15-,26-/m1/s1. The first-order valence-electron chi connectivity index (χ1n) is 11.9. The van der Waals surface area contributed by atoms with Gasteiger partial charge in [-0.05, 0) is 52.2 Å². The van der Waals surface area contributed by atoms with Crippen molar-refractivity contribution in [1.82, 2.24) is 24.8 Å². The molecule has 36 heavy (non-hydrogen) atoms. The third-order valence-corrected chi connectivity index (χ3v) is 6.85. The Morgan fingerprint density at radius 2 is 2.00 bits per heavy atom. The van der Waals surface area contributed by atoms with Gasteiger partial charge in [-0.25, -0.2) is 24.3 Å². The van der Waals surface area contributed by atoms with Crippen molar-refractivity contribution in [1.29, 1.82) is 0 Å². The molecule has 0 bridgehead atoms. The van der Waals surface area contributed by atoms with Gasteiger partial charge in [0.25, 0.3) is 0 Å². The summed E-state index contributed by atoms with van der Waals surface area (Å²) in [4.78, 5) is 32.5. The van der Waals surface area contributed by atoms with Crippen LogP contribution in [-0.2, 0) is 11.2 Å². The number of carbonyl (C=O) groups excluding carboxylic acids is 1. The van der Waals surface area contributed by atoms with Crippen molar-refractivity contribution in [3.05, 3.63) is 58.4 Å². The molecular weight excluding hydrogens is 483 g/mol. The molecule has 3 aromatic rings. The smallest absolute Gasteiger partial charge is 0.230 e. The lowest BCUT2D eigenvalue weighted by molar-refractivity contribution is -0.133. The van der Waals surface area contributed by atoms with Crippen LogP contribution in [0.2, 0.25) is 5.02 Å². The van der Waals surface area contributed by atoms with E-state index in [9.17, 15) is 9.18 Å². The van der Waals surface area contributed by atoms with Crippen molar-refractivity contribution in [3.8, 4) is 17.3 Å². The van der Waals surface area contributed by atoms with Gasteiger partial charge in [0.05, 0.1) is 35.5 Å². The normalized spacial score (nSPS) is 17.6. The zero-order valence-corrected chi connectivity index (χ0v) is 21.9. The van der Waals surface area contributed by atoms with Crippen LogP contribution >= 0.6 is 11.6 Å². The summed E-state index contributed by atoms with van der Waals surface area (Å²) in [6.07, 6.45) is 5.81. The molecule has 3 aromatic heterocycles. The van der Waals surface area contributed by atoms with Crippen LogP contribution in [0, 0.1) is 12.7 Å². The Balaban J connectivity index is 1.53. The maximum absolute atomic E-state index is 14.5. The number of hydrogen-bond acceptors (Lipinski definition) is 7. The van der Waals surface area contributed by atoms with E-state index in [1.165, 1.54) is 13.2 Å². The van der Waals surface area contributed by atoms with Gasteiger partial charge in [-0.2, -0.15) is 0 Å². The van der Waals surface area contributed by atoms with Gasteiger partial charge in [-0.15, -0.1) is 0 Å². The first kappa shape index (κ1) is 25.8. The number of halogens is 2. The van der Waals surface area contributed by atoms with E-state index >= 15 is 0 Å². The third-order valence-electron chi connectivity index (χ3n) is 6.66. The second kappa shape index (κ2) is 10.3. The molecule has 0 spiro atoms. The summed E-state index contributed by atoms with van der Waals surface area (Å²) in [6, 6.07) is 3.55. The Bertz CT molecular complexity index is 1270. The van der Waals surface area contributed by atoms with Crippen LogP contribution in [0.4, 0.5) is 10.2 Å². The molecule has 0 unspecified atom stereocenters. The molecule has 0 fully saturated rings. The number of ether oxygens (including phenoxy) is 1. The van der Waals surface area contributed by atoms with Crippen molar-refractivity contribution in [2.24, 2.45) is 0 Å². The highest BCUT2D eigenvalue weighted by Gasteiger charge is 2.35. The summed E-state index contributed by atoms with van der Waals surface area (Å²) in [5.41, 5.74) is 2.61. The average molecular weight is 513 g/mol. The highest BCUT2D eigenvalue weighted by atomic mass is 35.5. The van der Waals surface area contributed by atoms with Crippen molar-refractivity contribution in [2.45, 2.75) is 52.0 Å². The van der Waals surface area contributed by atoms with Crippen LogP contribution < -0.4 is 10.1 Å². The van der Waals surface area contributed by atoms with E-state index < -0.39 is 17.3 Å². The number of aryl methyl sites for hydroxylation is 2. The molecule has 0 radical (unpaired) electrons. The number of nitrogens with one attached hydrogen (secondary N) is 1. The monoisotopic (exact) mass is 512 g/mol. The molecule has 4 rings (SSSR count). The van der Waals surface area contributed by atoms with Crippen molar-refractivity contribution in [2.75, 3.05) is 25.5 Å². The minimum absolute atomic E-state index is 0.155. The van der Waals surface area contributed by atoms with E-state index in [1.807, 2.05) is 13.8 Å². The van der Waals surface area contributed by atoms with Crippen LogP contribution in [0.25, 0.3) is 11.4 Å². The molecule has 1 amide bonds. The van der Waals surface area contributed by atoms with Gasteiger partial charge in [-0.1, -0.05) is 11.6 Å². The number of amides is 1. The van der Waals surface area contributed by atoms with Crippen molar-refractivity contribution >= 4 is 23.3 Å². The minimum Gasteiger partial charge on any atom is -0.481 e. The maximum atomic E-state index is 14.5. The molecule has 0 saturated carbocycles. The largest absolute Gasteiger partial charge is 0.481 e. The fraction of sp³-hybridized carbons (Fsp3) is 0.423. The molecule has 190 valence electrons. The van der Waals surface area contributed by atoms with Crippen LogP contribution in [0.1, 0.15) is 49.9 Å². The molecule has 0 aliphatic carbocycles. The van der Waals surface area contributed by atoms with Crippen molar-refractivity contribution in [3.63, 3.8) is 0 Å². The lowest BCUT2D eigenvalue weighted by atomic mass is 9.87. The second-order valence-corrected chi connectivity index (χ2v) is 9.80. The number of likely N-dealkylation sites (N-methyl/N-ethyl adjacent to an activating group) is 1. The predicted molar refractivity (Wildman–Crippen MR) is 137 cm³/mol. The summed E-state index contributed by atoms with van der Waals surface area (Å²) >= 11 is 5.93. The lowest BCUT2D eigenvalue weighted by Gasteiger charge is -2.40. The quantitative estimate of drug-likeness (QED) is 0.485. The van der Waals surface area contributed by atoms with Gasteiger partial charge in [0, 0.05) is 42.7 Å². The summed E-state index contributed by atoms with van der Waals surface area (Å²) < 4.78 is 19.6. The Labute approximate surface area is 215 Å². The van der Waals surface area contributed by atoms with E-state index in [4.69, 9.17) is 21.3 Å². The molecule has 0 aromatic carbocycles. The summed E-state index contributed by atoms with van der Waals surface area (Å²) in [5, 5.41) is 4.04. The van der Waals surface area contributed by atoms with Crippen LogP contribution in [-0.4, -0.2) is 56.5 Å². The van der Waals surface area contributed by atoms with Crippen LogP contribution in [0.15, 0.2) is 30.7 Å². The van der Waals surface area contributed by atoms with E-state index in [2.05, 4.69) is 33.3 Å². The first-order chi connectivity index (χ1) is 17.1. The number of pyridine rings is 2. The summed E-state index contributed by atoms with van der Waals surface area (Å²) in [5.74, 6) is 0.291. The Morgan fingerprint density at radius 3 is 2.67 bits per heavy atom. The third kappa shape index (κ3) is 5.26. The van der Waals surface area contributed by atoms with Gasteiger partial charge in [-0.3, -0.25) is 4.79 Å². The van der Waals surface area contributed by atoms with Crippen LogP contribution in [0.5, 0.6) is 5.88 Å². The Kier molecular flexibility index (Phi) is 7.40. The Hall–Kier alpha value is -3.33. The van der Waals surface area contributed by atoms with Gasteiger partial charge >= 0.3 is 0 Å². The second-order valence-electron chi connectivity index (χ2n) is 9.36. The molecule has 1 aliphatic rings. The molecule has 8 nitrogen and oxygen atoms in total. The van der Waals surface area contributed by atoms with Crippen molar-refractivity contribution < 1.29 is 13.9 Å². The number of methoxy groups -OCH3 is 1. The number of fused-ring (bicyclic) bond motifs is 1. The molecule has 1 aliphatic heterocycles. The molecule has 4 heterocycles. The van der Waals surface area contributed by atoms with E-state index in [1.54, 1.807) is 24.2 Å². The van der Waals surface area contributed by atoms with Gasteiger partial charge in [0.1, 0.15) is 11.6 Å². The number of rotatable bonds is 7. The maximum Gasteiger partial charge on any atom is 0.230 e. The average Bonchev–Trinajstić information content (AvgIpc) is 2.87. The fourth-order valence-electron chi connectivity index (χ4n) is 4.55. The number of carbonyl (C=O) groups is 1. The fourth-order valence-corrected chi connectivity index (χ4v) is 4.65. The molecule has 2 atom stereocenters. The molecular formula is C26H30ClFN6O2. The topological polar surface area (TPSA) is 93.1 Å². The molecule has 1 N–H and O–H groups in total. The highest BCUT2D eigenvalue weighted by Crippen LogP contribution is 2.34. The number of anilines is 1. The highest BCUT2D eigenvalue weighted by molar-refractivity contribution is 6.30. The number of aromatic nitrogens is 4. The van der Waals surface area contributed by atoms with Crippen LogP contribution in [0.3, 0.4) is 0 Å². The zero-order chi connectivity index (χ0) is 26.0. The first-order valence-corrected chi connectivity index (χ1v) is 12.3. The molecule has 0 saturated heterocycles. The lowest BCUT2D eigenvalue weighted by Crippen LogP contribution is -2.51. The predicted octanol–water partition coefficient (Wildman–Crippen LogP) is 4.81. The number of nitrogens with zero attached hydrogens (tertiary/aromatic N) is 5. The van der Waals surface area contributed by atoms with E-state index in [0.29, 0.717) is 23.9 Å². The summed E-state index contributed by atoms with van der Waals surface area (Å²) in [6.45, 7) is 8.59.